The van der Waals surface area contributed by atoms with Crippen molar-refractivity contribution in [1.82, 2.24) is 4.90 Å². The number of benzene rings is 2. The Morgan fingerprint density at radius 2 is 1.89 bits per heavy atom. The number of nitrogens with zero attached hydrogens (tertiary/aromatic N) is 2. The Morgan fingerprint density at radius 3 is 2.59 bits per heavy atom. The number of hydrogen-bond donors (Lipinski definition) is 0. The summed E-state index contributed by atoms with van der Waals surface area (Å²) in [6, 6.07) is 19.7. The number of carbonyl (C=O) groups excluding carboxylic acids is 1. The van der Waals surface area contributed by atoms with Gasteiger partial charge in [0.25, 0.3) is 0 Å². The van der Waals surface area contributed by atoms with Gasteiger partial charge in [0.15, 0.2) is 6.10 Å². The van der Waals surface area contributed by atoms with Gasteiger partial charge in [-0.3, -0.25) is 4.79 Å². The summed E-state index contributed by atoms with van der Waals surface area (Å²) in [4.78, 5) is 19.8. The molecule has 0 N–H and O–H groups in total. The van der Waals surface area contributed by atoms with Crippen LogP contribution in [0.15, 0.2) is 78.5 Å². The molecule has 1 heterocycles. The zero-order valence-electron chi connectivity index (χ0n) is 15.3. The number of amides is 1. The van der Waals surface area contributed by atoms with Crippen molar-refractivity contribution in [3.63, 3.8) is 0 Å². The highest BCUT2D eigenvalue weighted by atomic mass is 16.6. The first-order valence-corrected chi connectivity index (χ1v) is 9.04. The lowest BCUT2D eigenvalue weighted by molar-refractivity contribution is -0.137. The van der Waals surface area contributed by atoms with E-state index in [1.807, 2.05) is 60.7 Å². The van der Waals surface area contributed by atoms with Crippen molar-refractivity contribution in [3.05, 3.63) is 84.4 Å². The van der Waals surface area contributed by atoms with E-state index in [9.17, 15) is 4.79 Å². The maximum atomic E-state index is 12.5. The van der Waals surface area contributed by atoms with E-state index in [4.69, 9.17) is 9.57 Å². The second-order valence-electron chi connectivity index (χ2n) is 6.40. The monoisotopic (exact) mass is 364 g/mol. The largest absolute Gasteiger partial charge is 0.390 e. The van der Waals surface area contributed by atoms with Gasteiger partial charge < -0.3 is 14.5 Å². The van der Waals surface area contributed by atoms with Gasteiger partial charge in [0.2, 0.25) is 5.91 Å². The zero-order valence-corrected chi connectivity index (χ0v) is 15.3. The highest BCUT2D eigenvalue weighted by Crippen LogP contribution is 2.17. The highest BCUT2D eigenvalue weighted by molar-refractivity contribution is 6.01. The van der Waals surface area contributed by atoms with E-state index in [0.29, 0.717) is 26.1 Å². The summed E-state index contributed by atoms with van der Waals surface area (Å²) >= 11 is 0. The number of rotatable bonds is 9. The van der Waals surface area contributed by atoms with Crippen LogP contribution in [0, 0.1) is 0 Å². The van der Waals surface area contributed by atoms with Gasteiger partial charge in [-0.15, -0.1) is 6.58 Å². The number of oxime groups is 1. The molecule has 0 spiro atoms. The number of carbonyl (C=O) groups is 1. The average molecular weight is 364 g/mol. The Kier molecular flexibility index (Phi) is 6.77. The molecule has 0 saturated heterocycles. The summed E-state index contributed by atoms with van der Waals surface area (Å²) in [6.07, 6.45) is 2.23. The first-order valence-electron chi connectivity index (χ1n) is 9.04. The van der Waals surface area contributed by atoms with Crippen molar-refractivity contribution >= 4 is 11.6 Å². The molecule has 0 bridgehead atoms. The van der Waals surface area contributed by atoms with E-state index >= 15 is 0 Å². The normalized spacial score (nSPS) is 15.7. The minimum absolute atomic E-state index is 0.0296. The first kappa shape index (κ1) is 18.9. The van der Waals surface area contributed by atoms with Gasteiger partial charge in [0, 0.05) is 13.0 Å². The summed E-state index contributed by atoms with van der Waals surface area (Å²) < 4.78 is 5.57. The van der Waals surface area contributed by atoms with Crippen molar-refractivity contribution in [3.8, 4) is 0 Å². The quantitative estimate of drug-likeness (QED) is 0.641. The molecule has 0 saturated carbocycles. The van der Waals surface area contributed by atoms with Gasteiger partial charge in [0.1, 0.15) is 6.61 Å². The van der Waals surface area contributed by atoms with E-state index < -0.39 is 0 Å². The van der Waals surface area contributed by atoms with Crippen LogP contribution in [0.4, 0.5) is 0 Å². The van der Waals surface area contributed by atoms with Crippen molar-refractivity contribution in [2.24, 2.45) is 5.16 Å². The third-order valence-corrected chi connectivity index (χ3v) is 4.30. The van der Waals surface area contributed by atoms with Gasteiger partial charge in [-0.25, -0.2) is 0 Å². The van der Waals surface area contributed by atoms with Crippen LogP contribution >= 0.6 is 0 Å². The van der Waals surface area contributed by atoms with Gasteiger partial charge in [-0.2, -0.15) is 0 Å². The van der Waals surface area contributed by atoms with Crippen LogP contribution in [-0.4, -0.2) is 42.3 Å². The van der Waals surface area contributed by atoms with Crippen LogP contribution in [0.2, 0.25) is 0 Å². The molecule has 5 nitrogen and oxygen atoms in total. The van der Waals surface area contributed by atoms with E-state index in [2.05, 4.69) is 11.7 Å². The molecule has 5 heteroatoms. The van der Waals surface area contributed by atoms with Crippen LogP contribution in [0.3, 0.4) is 0 Å². The molecule has 27 heavy (non-hydrogen) atoms. The van der Waals surface area contributed by atoms with Gasteiger partial charge in [-0.1, -0.05) is 71.9 Å². The molecule has 0 radical (unpaired) electrons. The topological polar surface area (TPSA) is 51.1 Å². The van der Waals surface area contributed by atoms with Gasteiger partial charge >= 0.3 is 0 Å². The molecule has 2 aromatic carbocycles. The minimum atomic E-state index is -0.154. The second kappa shape index (κ2) is 9.69. The first-order chi connectivity index (χ1) is 13.3. The predicted octanol–water partition coefficient (Wildman–Crippen LogP) is 3.41. The lowest BCUT2D eigenvalue weighted by Gasteiger charge is -2.23. The second-order valence-corrected chi connectivity index (χ2v) is 6.40. The molecule has 1 atom stereocenters. The molecular formula is C22H24N2O3. The molecular weight excluding hydrogens is 340 g/mol. The molecule has 1 aliphatic rings. The van der Waals surface area contributed by atoms with Crippen LogP contribution in [0.25, 0.3) is 0 Å². The average Bonchev–Trinajstić information content (AvgIpc) is 3.18. The Labute approximate surface area is 159 Å². The molecule has 1 unspecified atom stereocenters. The molecule has 1 aliphatic heterocycles. The Balaban J connectivity index is 1.48. The summed E-state index contributed by atoms with van der Waals surface area (Å²) in [5, 5.41) is 4.18. The number of hydrogen-bond acceptors (Lipinski definition) is 4. The van der Waals surface area contributed by atoms with Crippen LogP contribution < -0.4 is 0 Å². The van der Waals surface area contributed by atoms with E-state index in [1.165, 1.54) is 0 Å². The summed E-state index contributed by atoms with van der Waals surface area (Å²) in [5.41, 5.74) is 3.00. The lowest BCUT2D eigenvalue weighted by Crippen LogP contribution is -2.39. The van der Waals surface area contributed by atoms with Crippen LogP contribution in [0.1, 0.15) is 17.5 Å². The summed E-state index contributed by atoms with van der Waals surface area (Å²) in [7, 11) is 0. The Hall–Kier alpha value is -2.92. The SMILES string of the molecule is C=CCN(CC1CC(c2ccccc2)=NO1)C(=O)COCc1ccccc1. The molecule has 2 aromatic rings. The third kappa shape index (κ3) is 5.53. The minimum Gasteiger partial charge on any atom is -0.390 e. The van der Waals surface area contributed by atoms with E-state index in [-0.39, 0.29) is 18.6 Å². The number of ether oxygens (including phenoxy) is 1. The maximum Gasteiger partial charge on any atom is 0.248 e. The Morgan fingerprint density at radius 1 is 1.19 bits per heavy atom. The lowest BCUT2D eigenvalue weighted by atomic mass is 10.0. The smallest absolute Gasteiger partial charge is 0.248 e. The maximum absolute atomic E-state index is 12.5. The standard InChI is InChI=1S/C22H24N2O3/c1-2-13-24(22(25)17-26-16-18-9-5-3-6-10-18)15-20-14-21(23-27-20)19-11-7-4-8-12-19/h2-12,20H,1,13-17H2. The van der Waals surface area contributed by atoms with Crippen molar-refractivity contribution in [2.45, 2.75) is 19.1 Å². The fourth-order valence-corrected chi connectivity index (χ4v) is 2.93. The van der Waals surface area contributed by atoms with Crippen molar-refractivity contribution in [2.75, 3.05) is 19.7 Å². The van der Waals surface area contributed by atoms with Crippen molar-refractivity contribution < 1.29 is 14.4 Å². The molecule has 0 aliphatic carbocycles. The molecule has 0 fully saturated rings. The fourth-order valence-electron chi connectivity index (χ4n) is 2.93. The zero-order chi connectivity index (χ0) is 18.9. The fraction of sp³-hybridized carbons (Fsp3) is 0.273. The van der Waals surface area contributed by atoms with Crippen LogP contribution in [0.5, 0.6) is 0 Å². The Bertz CT molecular complexity index is 775. The molecule has 1 amide bonds. The van der Waals surface area contributed by atoms with Gasteiger partial charge in [-0.05, 0) is 11.1 Å². The predicted molar refractivity (Wildman–Crippen MR) is 105 cm³/mol. The van der Waals surface area contributed by atoms with E-state index in [1.54, 1.807) is 11.0 Å². The summed E-state index contributed by atoms with van der Waals surface area (Å²) in [6.45, 7) is 5.10. The van der Waals surface area contributed by atoms with Gasteiger partial charge in [0.05, 0.1) is 18.9 Å². The summed E-state index contributed by atoms with van der Waals surface area (Å²) in [5.74, 6) is -0.0809. The highest BCUT2D eigenvalue weighted by Gasteiger charge is 2.26. The van der Waals surface area contributed by atoms with Crippen LogP contribution in [-0.2, 0) is 21.0 Å². The molecule has 0 aromatic heterocycles. The van der Waals surface area contributed by atoms with E-state index in [0.717, 1.165) is 16.8 Å². The van der Waals surface area contributed by atoms with Crippen molar-refractivity contribution in [1.29, 1.82) is 0 Å². The molecule has 3 rings (SSSR count). The molecule has 140 valence electrons. The third-order valence-electron chi connectivity index (χ3n) is 4.30.